The summed E-state index contributed by atoms with van der Waals surface area (Å²) in [5, 5.41) is 0. The number of benzene rings is 2. The highest BCUT2D eigenvalue weighted by molar-refractivity contribution is 7.92. The molecule has 0 aliphatic carbocycles. The van der Waals surface area contributed by atoms with Gasteiger partial charge in [-0.1, -0.05) is 45.0 Å². The standard InChI is InChI=1S/C23H25NO3S/c1-14-11-17(23(4,5)6)12-15(2)21(14)24-18-9-7-8-10-19(18)28(25,26)20-13-16(3)27-22(20)24/h7-13H,1-6H3. The Labute approximate surface area is 166 Å². The Morgan fingerprint density at radius 1 is 0.893 bits per heavy atom. The lowest BCUT2D eigenvalue weighted by Crippen LogP contribution is -2.23. The minimum absolute atomic E-state index is 0.0314. The fraction of sp³-hybridized carbons (Fsp3) is 0.304. The van der Waals surface area contributed by atoms with Gasteiger partial charge in [0.1, 0.15) is 10.7 Å². The van der Waals surface area contributed by atoms with Crippen LogP contribution in [0, 0.1) is 20.8 Å². The van der Waals surface area contributed by atoms with Crippen molar-refractivity contribution in [2.45, 2.75) is 56.7 Å². The number of anilines is 3. The van der Waals surface area contributed by atoms with Gasteiger partial charge in [0.25, 0.3) is 0 Å². The molecule has 0 atom stereocenters. The summed E-state index contributed by atoms with van der Waals surface area (Å²) >= 11 is 0. The number of sulfone groups is 1. The van der Waals surface area contributed by atoms with Gasteiger partial charge in [0.15, 0.2) is 0 Å². The largest absolute Gasteiger partial charge is 0.444 e. The van der Waals surface area contributed by atoms with Crippen LogP contribution in [0.2, 0.25) is 0 Å². The Hall–Kier alpha value is -2.53. The number of hydrogen-bond acceptors (Lipinski definition) is 4. The number of aryl methyl sites for hydroxylation is 3. The fourth-order valence-electron chi connectivity index (χ4n) is 3.89. The molecule has 0 spiro atoms. The predicted molar refractivity (Wildman–Crippen MR) is 112 cm³/mol. The van der Waals surface area contributed by atoms with E-state index < -0.39 is 9.84 Å². The van der Waals surface area contributed by atoms with Crippen molar-refractivity contribution in [2.75, 3.05) is 4.90 Å². The van der Waals surface area contributed by atoms with E-state index in [-0.39, 0.29) is 10.3 Å². The van der Waals surface area contributed by atoms with Gasteiger partial charge >= 0.3 is 0 Å². The smallest absolute Gasteiger partial charge is 0.223 e. The van der Waals surface area contributed by atoms with E-state index in [4.69, 9.17) is 4.42 Å². The number of furan rings is 1. The van der Waals surface area contributed by atoms with Crippen LogP contribution in [0.3, 0.4) is 0 Å². The molecule has 2 aromatic carbocycles. The van der Waals surface area contributed by atoms with Crippen molar-refractivity contribution in [2.24, 2.45) is 0 Å². The highest BCUT2D eigenvalue weighted by Gasteiger charge is 2.39. The maximum Gasteiger partial charge on any atom is 0.223 e. The zero-order valence-electron chi connectivity index (χ0n) is 17.1. The topological polar surface area (TPSA) is 50.5 Å². The molecule has 4 rings (SSSR count). The predicted octanol–water partition coefficient (Wildman–Crippen LogP) is 6.12. The van der Waals surface area contributed by atoms with E-state index in [0.29, 0.717) is 22.2 Å². The van der Waals surface area contributed by atoms with Crippen molar-refractivity contribution in [3.8, 4) is 0 Å². The van der Waals surface area contributed by atoms with Crippen molar-refractivity contribution in [1.82, 2.24) is 0 Å². The number of para-hydroxylation sites is 1. The van der Waals surface area contributed by atoms with E-state index in [1.54, 1.807) is 25.1 Å². The van der Waals surface area contributed by atoms with Gasteiger partial charge in [-0.05, 0) is 55.0 Å². The van der Waals surface area contributed by atoms with Crippen LogP contribution in [0.5, 0.6) is 0 Å². The molecule has 0 radical (unpaired) electrons. The quantitative estimate of drug-likeness (QED) is 0.390. The molecular weight excluding hydrogens is 370 g/mol. The number of hydrogen-bond donors (Lipinski definition) is 0. The van der Waals surface area contributed by atoms with Crippen LogP contribution in [0.25, 0.3) is 0 Å². The second kappa shape index (κ2) is 5.98. The molecule has 146 valence electrons. The molecule has 0 saturated heterocycles. The Bertz CT molecular complexity index is 1170. The average molecular weight is 396 g/mol. The SMILES string of the molecule is Cc1cc2c(o1)N(c1c(C)cc(C(C)(C)C)cc1C)c1ccccc1S2(=O)=O. The van der Waals surface area contributed by atoms with Gasteiger partial charge in [-0.3, -0.25) is 4.90 Å². The number of rotatable bonds is 1. The molecule has 3 aromatic rings. The first-order valence-electron chi connectivity index (χ1n) is 9.38. The second-order valence-corrected chi connectivity index (χ2v) is 10.4. The molecule has 0 amide bonds. The van der Waals surface area contributed by atoms with Crippen molar-refractivity contribution >= 4 is 27.1 Å². The van der Waals surface area contributed by atoms with E-state index in [0.717, 1.165) is 16.8 Å². The van der Waals surface area contributed by atoms with E-state index in [9.17, 15) is 8.42 Å². The summed E-state index contributed by atoms with van der Waals surface area (Å²) in [4.78, 5) is 2.49. The molecule has 4 nitrogen and oxygen atoms in total. The van der Waals surface area contributed by atoms with Gasteiger partial charge < -0.3 is 4.42 Å². The zero-order chi connectivity index (χ0) is 20.4. The van der Waals surface area contributed by atoms with Crippen LogP contribution >= 0.6 is 0 Å². The van der Waals surface area contributed by atoms with Gasteiger partial charge in [0, 0.05) is 6.07 Å². The minimum Gasteiger partial charge on any atom is -0.444 e. The van der Waals surface area contributed by atoms with Crippen LogP contribution in [0.4, 0.5) is 17.3 Å². The Morgan fingerprint density at radius 2 is 1.50 bits per heavy atom. The van der Waals surface area contributed by atoms with E-state index >= 15 is 0 Å². The highest BCUT2D eigenvalue weighted by atomic mass is 32.2. The molecule has 2 heterocycles. The minimum atomic E-state index is -3.61. The lowest BCUT2D eigenvalue weighted by molar-refractivity contribution is 0.532. The summed E-state index contributed by atoms with van der Waals surface area (Å²) in [5.41, 5.74) is 5.03. The average Bonchev–Trinajstić information content (AvgIpc) is 2.99. The molecule has 0 N–H and O–H groups in total. The highest BCUT2D eigenvalue weighted by Crippen LogP contribution is 2.51. The fourth-order valence-corrected chi connectivity index (χ4v) is 5.50. The molecule has 0 fully saturated rings. The van der Waals surface area contributed by atoms with Crippen LogP contribution in [0.1, 0.15) is 43.2 Å². The van der Waals surface area contributed by atoms with Gasteiger partial charge in [0.2, 0.25) is 15.7 Å². The van der Waals surface area contributed by atoms with Crippen LogP contribution in [0.15, 0.2) is 56.7 Å². The Kier molecular flexibility index (Phi) is 4.02. The van der Waals surface area contributed by atoms with E-state index in [2.05, 4.69) is 46.8 Å². The molecule has 1 aromatic heterocycles. The number of fused-ring (bicyclic) bond motifs is 2. The third kappa shape index (κ3) is 2.68. The zero-order valence-corrected chi connectivity index (χ0v) is 17.9. The van der Waals surface area contributed by atoms with Crippen molar-refractivity contribution < 1.29 is 12.8 Å². The number of nitrogens with zero attached hydrogens (tertiary/aromatic N) is 1. The normalized spacial score (nSPS) is 15.3. The Morgan fingerprint density at radius 3 is 2.11 bits per heavy atom. The molecule has 5 heteroatoms. The molecule has 0 bridgehead atoms. The van der Waals surface area contributed by atoms with Crippen molar-refractivity contribution in [3.05, 3.63) is 64.9 Å². The molecule has 1 aliphatic heterocycles. The lowest BCUT2D eigenvalue weighted by atomic mass is 9.84. The molecular formula is C23H25NO3S. The van der Waals surface area contributed by atoms with E-state index in [1.807, 2.05) is 17.0 Å². The summed E-state index contributed by atoms with van der Waals surface area (Å²) in [6, 6.07) is 13.1. The van der Waals surface area contributed by atoms with Crippen LogP contribution in [-0.2, 0) is 15.3 Å². The van der Waals surface area contributed by atoms with E-state index in [1.165, 1.54) is 5.56 Å². The van der Waals surface area contributed by atoms with Crippen LogP contribution < -0.4 is 4.90 Å². The third-order valence-electron chi connectivity index (χ3n) is 5.27. The molecule has 0 saturated carbocycles. The van der Waals surface area contributed by atoms with Gasteiger partial charge in [-0.15, -0.1) is 0 Å². The Balaban J connectivity index is 2.05. The molecule has 28 heavy (non-hydrogen) atoms. The first-order chi connectivity index (χ1) is 13.0. The lowest BCUT2D eigenvalue weighted by Gasteiger charge is -2.32. The maximum atomic E-state index is 13.2. The summed E-state index contributed by atoms with van der Waals surface area (Å²) in [7, 11) is -3.61. The van der Waals surface area contributed by atoms with Crippen molar-refractivity contribution in [1.29, 1.82) is 0 Å². The van der Waals surface area contributed by atoms with Gasteiger partial charge in [-0.25, -0.2) is 8.42 Å². The molecule has 0 unspecified atom stereocenters. The monoisotopic (exact) mass is 395 g/mol. The second-order valence-electron chi connectivity index (χ2n) is 8.54. The first-order valence-corrected chi connectivity index (χ1v) is 10.9. The third-order valence-corrected chi connectivity index (χ3v) is 7.07. The summed E-state index contributed by atoms with van der Waals surface area (Å²) in [6.45, 7) is 12.5. The van der Waals surface area contributed by atoms with Gasteiger partial charge in [0.05, 0.1) is 16.3 Å². The van der Waals surface area contributed by atoms with Crippen LogP contribution in [-0.4, -0.2) is 8.42 Å². The van der Waals surface area contributed by atoms with Crippen molar-refractivity contribution in [3.63, 3.8) is 0 Å². The molecule has 1 aliphatic rings. The summed E-state index contributed by atoms with van der Waals surface area (Å²) in [6.07, 6.45) is 0. The summed E-state index contributed by atoms with van der Waals surface area (Å²) in [5.74, 6) is 0.943. The maximum absolute atomic E-state index is 13.2. The summed E-state index contributed by atoms with van der Waals surface area (Å²) < 4.78 is 32.2. The first kappa shape index (κ1) is 18.8. The van der Waals surface area contributed by atoms with Gasteiger partial charge in [-0.2, -0.15) is 0 Å².